The number of phenols is 1. The van der Waals surface area contributed by atoms with E-state index in [1.807, 2.05) is 6.07 Å². The lowest BCUT2D eigenvalue weighted by Gasteiger charge is -2.09. The first-order valence-electron chi connectivity index (χ1n) is 6.01. The second-order valence-electron chi connectivity index (χ2n) is 4.07. The first-order chi connectivity index (χ1) is 9.70. The van der Waals surface area contributed by atoms with Gasteiger partial charge in [0, 0.05) is 17.8 Å². The molecule has 0 spiro atoms. The molecule has 102 valence electrons. The molecule has 5 heteroatoms. The number of halogens is 1. The second-order valence-corrected chi connectivity index (χ2v) is 4.07. The lowest BCUT2D eigenvalue weighted by Crippen LogP contribution is -2.00. The van der Waals surface area contributed by atoms with Crippen molar-refractivity contribution in [2.24, 2.45) is 0 Å². The number of aromatic hydroxyl groups is 1. The second kappa shape index (κ2) is 6.43. The van der Waals surface area contributed by atoms with Crippen molar-refractivity contribution in [3.8, 4) is 17.6 Å². The maximum absolute atomic E-state index is 13.2. The molecule has 0 heterocycles. The molecule has 0 aliphatic heterocycles. The summed E-state index contributed by atoms with van der Waals surface area (Å²) < 4.78 is 18.3. The van der Waals surface area contributed by atoms with Gasteiger partial charge in [-0.2, -0.15) is 5.26 Å². The zero-order valence-corrected chi connectivity index (χ0v) is 10.6. The van der Waals surface area contributed by atoms with E-state index in [2.05, 4.69) is 5.32 Å². The maximum Gasteiger partial charge on any atom is 0.174 e. The standard InChI is InChI=1S/C15H13FN2O2/c16-14-3-1-2-11(15(14)19)10-18-12-4-6-13(7-5-12)20-9-8-17/h1-7,18-19H,9-10H2. The Balaban J connectivity index is 1.97. The van der Waals surface area contributed by atoms with Gasteiger partial charge in [0.05, 0.1) is 0 Å². The summed E-state index contributed by atoms with van der Waals surface area (Å²) in [5, 5.41) is 21.0. The Morgan fingerprint density at radius 1 is 1.20 bits per heavy atom. The van der Waals surface area contributed by atoms with Gasteiger partial charge >= 0.3 is 0 Å². The number of nitrogens with one attached hydrogen (secondary N) is 1. The van der Waals surface area contributed by atoms with E-state index in [9.17, 15) is 9.50 Å². The van der Waals surface area contributed by atoms with Crippen LogP contribution >= 0.6 is 0 Å². The summed E-state index contributed by atoms with van der Waals surface area (Å²) in [5.41, 5.74) is 1.28. The molecule has 0 atom stereocenters. The maximum atomic E-state index is 13.2. The number of hydrogen-bond donors (Lipinski definition) is 2. The molecule has 2 N–H and O–H groups in total. The van der Waals surface area contributed by atoms with Crippen molar-refractivity contribution in [1.29, 1.82) is 5.26 Å². The van der Waals surface area contributed by atoms with Gasteiger partial charge in [0.1, 0.15) is 11.8 Å². The monoisotopic (exact) mass is 272 g/mol. The van der Waals surface area contributed by atoms with Crippen molar-refractivity contribution >= 4 is 5.69 Å². The van der Waals surface area contributed by atoms with Crippen molar-refractivity contribution in [1.82, 2.24) is 0 Å². The molecule has 0 amide bonds. The molecule has 20 heavy (non-hydrogen) atoms. The Kier molecular flexibility index (Phi) is 4.40. The Labute approximate surface area is 116 Å². The molecule has 2 aromatic carbocycles. The van der Waals surface area contributed by atoms with E-state index in [-0.39, 0.29) is 12.4 Å². The largest absolute Gasteiger partial charge is 0.505 e. The van der Waals surface area contributed by atoms with E-state index in [4.69, 9.17) is 10.00 Å². The summed E-state index contributed by atoms with van der Waals surface area (Å²) in [6.07, 6.45) is 0. The molecule has 4 nitrogen and oxygen atoms in total. The lowest BCUT2D eigenvalue weighted by molar-refractivity contribution is 0.368. The lowest BCUT2D eigenvalue weighted by atomic mass is 10.2. The number of phenolic OH excluding ortho intramolecular Hbond substituents is 1. The van der Waals surface area contributed by atoms with Crippen LogP contribution in [-0.4, -0.2) is 11.7 Å². The fraction of sp³-hybridized carbons (Fsp3) is 0.133. The van der Waals surface area contributed by atoms with Gasteiger partial charge in [0.25, 0.3) is 0 Å². The number of nitriles is 1. The predicted octanol–water partition coefficient (Wildman–Crippen LogP) is 3.05. The smallest absolute Gasteiger partial charge is 0.174 e. The van der Waals surface area contributed by atoms with Crippen LogP contribution in [0.5, 0.6) is 11.5 Å². The van der Waals surface area contributed by atoms with Crippen LogP contribution in [0, 0.1) is 17.1 Å². The minimum atomic E-state index is -0.635. The van der Waals surface area contributed by atoms with E-state index < -0.39 is 5.82 Å². The van der Waals surface area contributed by atoms with Gasteiger partial charge in [-0.1, -0.05) is 12.1 Å². The van der Waals surface area contributed by atoms with Crippen molar-refractivity contribution in [3.63, 3.8) is 0 Å². The number of anilines is 1. The van der Waals surface area contributed by atoms with Crippen LogP contribution in [-0.2, 0) is 6.54 Å². The molecule has 2 rings (SSSR count). The van der Waals surface area contributed by atoms with Crippen LogP contribution in [0.4, 0.5) is 10.1 Å². The minimum Gasteiger partial charge on any atom is -0.505 e. The molecule has 2 aromatic rings. The van der Waals surface area contributed by atoms with Gasteiger partial charge in [0.15, 0.2) is 18.2 Å². The third-order valence-corrected chi connectivity index (χ3v) is 2.71. The minimum absolute atomic E-state index is 0.00391. The summed E-state index contributed by atoms with van der Waals surface area (Å²) >= 11 is 0. The van der Waals surface area contributed by atoms with Crippen molar-refractivity contribution in [2.75, 3.05) is 11.9 Å². The van der Waals surface area contributed by atoms with E-state index in [0.29, 0.717) is 17.9 Å². The van der Waals surface area contributed by atoms with Crippen molar-refractivity contribution < 1.29 is 14.2 Å². The topological polar surface area (TPSA) is 65.3 Å². The predicted molar refractivity (Wildman–Crippen MR) is 72.9 cm³/mol. The van der Waals surface area contributed by atoms with Crippen LogP contribution in [0.15, 0.2) is 42.5 Å². The molecule has 0 aliphatic rings. The zero-order chi connectivity index (χ0) is 14.4. The van der Waals surface area contributed by atoms with Crippen LogP contribution in [0.3, 0.4) is 0 Å². The normalized spacial score (nSPS) is 9.80. The Bertz CT molecular complexity index is 621. The van der Waals surface area contributed by atoms with Gasteiger partial charge in [-0.15, -0.1) is 0 Å². The fourth-order valence-corrected chi connectivity index (χ4v) is 1.68. The fourth-order valence-electron chi connectivity index (χ4n) is 1.68. The van der Waals surface area contributed by atoms with Crippen molar-refractivity contribution in [3.05, 3.63) is 53.8 Å². The average molecular weight is 272 g/mol. The molecule has 0 aromatic heterocycles. The van der Waals surface area contributed by atoms with Gasteiger partial charge in [-0.05, 0) is 30.3 Å². The molecule has 0 bridgehead atoms. The average Bonchev–Trinajstić information content (AvgIpc) is 2.48. The van der Waals surface area contributed by atoms with Crippen LogP contribution in [0.1, 0.15) is 5.56 Å². The number of ether oxygens (including phenoxy) is 1. The first-order valence-corrected chi connectivity index (χ1v) is 6.01. The highest BCUT2D eigenvalue weighted by atomic mass is 19.1. The van der Waals surface area contributed by atoms with E-state index in [1.165, 1.54) is 6.07 Å². The highest BCUT2D eigenvalue weighted by Crippen LogP contribution is 2.22. The van der Waals surface area contributed by atoms with Crippen LogP contribution in [0.25, 0.3) is 0 Å². The third kappa shape index (κ3) is 3.39. The molecule has 0 saturated heterocycles. The number of rotatable bonds is 5. The number of para-hydroxylation sites is 1. The van der Waals surface area contributed by atoms with Crippen molar-refractivity contribution in [2.45, 2.75) is 6.54 Å². The van der Waals surface area contributed by atoms with E-state index in [1.54, 1.807) is 36.4 Å². The molecule has 0 aliphatic carbocycles. The molecule has 0 unspecified atom stereocenters. The first kappa shape index (κ1) is 13.7. The van der Waals surface area contributed by atoms with Crippen LogP contribution in [0.2, 0.25) is 0 Å². The van der Waals surface area contributed by atoms with Crippen LogP contribution < -0.4 is 10.1 Å². The SMILES string of the molecule is N#CCOc1ccc(NCc2cccc(F)c2O)cc1. The quantitative estimate of drug-likeness (QED) is 0.878. The summed E-state index contributed by atoms with van der Waals surface area (Å²) in [5.74, 6) is -0.371. The molecular weight excluding hydrogens is 259 g/mol. The Hall–Kier alpha value is -2.74. The highest BCUT2D eigenvalue weighted by Gasteiger charge is 2.05. The van der Waals surface area contributed by atoms with Gasteiger partial charge < -0.3 is 15.2 Å². The number of benzene rings is 2. The summed E-state index contributed by atoms with van der Waals surface area (Å²) in [6.45, 7) is 0.311. The van der Waals surface area contributed by atoms with Gasteiger partial charge in [-0.3, -0.25) is 0 Å². The number of hydrogen-bond acceptors (Lipinski definition) is 4. The molecule has 0 radical (unpaired) electrons. The molecule has 0 fully saturated rings. The Morgan fingerprint density at radius 2 is 1.95 bits per heavy atom. The third-order valence-electron chi connectivity index (χ3n) is 2.71. The van der Waals surface area contributed by atoms with Gasteiger partial charge in [0.2, 0.25) is 0 Å². The van der Waals surface area contributed by atoms with E-state index in [0.717, 1.165) is 5.69 Å². The summed E-state index contributed by atoms with van der Waals surface area (Å²) in [7, 11) is 0. The highest BCUT2D eigenvalue weighted by molar-refractivity contribution is 5.47. The zero-order valence-electron chi connectivity index (χ0n) is 10.6. The summed E-state index contributed by atoms with van der Waals surface area (Å²) in [6, 6.07) is 13.3. The molecular formula is C15H13FN2O2. The molecule has 0 saturated carbocycles. The Morgan fingerprint density at radius 3 is 2.65 bits per heavy atom. The van der Waals surface area contributed by atoms with Gasteiger partial charge in [-0.25, -0.2) is 4.39 Å². The summed E-state index contributed by atoms with van der Waals surface area (Å²) in [4.78, 5) is 0. The number of nitrogens with zero attached hydrogens (tertiary/aromatic N) is 1. The van der Waals surface area contributed by atoms with E-state index >= 15 is 0 Å².